The molecule has 1 aromatic heterocycles. The van der Waals surface area contributed by atoms with E-state index in [2.05, 4.69) is 27.6 Å². The summed E-state index contributed by atoms with van der Waals surface area (Å²) in [4.78, 5) is 4.00. The predicted octanol–water partition coefficient (Wildman–Crippen LogP) is 2.50. The molecule has 1 rings (SSSR count). The van der Waals surface area contributed by atoms with Crippen LogP contribution in [0.1, 0.15) is 13.8 Å². The average Bonchev–Trinajstić information content (AvgIpc) is 2.04. The van der Waals surface area contributed by atoms with E-state index in [0.29, 0.717) is 5.03 Å². The maximum atomic E-state index is 11.8. The topological polar surface area (TPSA) is 53.8 Å². The first kappa shape index (κ1) is 10.9. The summed E-state index contributed by atoms with van der Waals surface area (Å²) < 4.78 is 20.4. The van der Waals surface area contributed by atoms with E-state index in [1.807, 2.05) is 6.07 Å². The Bertz CT molecular complexity index is 383. The van der Waals surface area contributed by atoms with Crippen molar-refractivity contribution in [3.8, 4) is 0 Å². The molecular formula is C8H11IN2OS. The van der Waals surface area contributed by atoms with Gasteiger partial charge in [0, 0.05) is 15.0 Å². The molecule has 0 saturated heterocycles. The van der Waals surface area contributed by atoms with E-state index >= 15 is 0 Å². The lowest BCUT2D eigenvalue weighted by atomic mass is 10.5. The molecule has 5 heteroatoms. The molecule has 0 fully saturated rings. The van der Waals surface area contributed by atoms with Gasteiger partial charge in [-0.25, -0.2) is 14.0 Å². The van der Waals surface area contributed by atoms with Crippen LogP contribution in [0.25, 0.3) is 0 Å². The van der Waals surface area contributed by atoms with Crippen LogP contribution in [-0.2, 0) is 9.73 Å². The Hall–Kier alpha value is -0.170. The molecule has 1 aromatic rings. The second-order valence-electron chi connectivity index (χ2n) is 2.96. The van der Waals surface area contributed by atoms with Gasteiger partial charge in [0.2, 0.25) is 0 Å². The van der Waals surface area contributed by atoms with Gasteiger partial charge < -0.3 is 0 Å². The Balaban J connectivity index is 3.17. The van der Waals surface area contributed by atoms with E-state index < -0.39 is 9.73 Å². The van der Waals surface area contributed by atoms with Crippen LogP contribution in [0.15, 0.2) is 23.4 Å². The van der Waals surface area contributed by atoms with Crippen LogP contribution in [0.5, 0.6) is 0 Å². The molecule has 3 nitrogen and oxygen atoms in total. The number of hydrogen-bond acceptors (Lipinski definition) is 3. The van der Waals surface area contributed by atoms with Crippen LogP contribution in [0.2, 0.25) is 0 Å². The highest BCUT2D eigenvalue weighted by atomic mass is 127. The van der Waals surface area contributed by atoms with Crippen molar-refractivity contribution in [1.82, 2.24) is 4.98 Å². The predicted molar refractivity (Wildman–Crippen MR) is 61.2 cm³/mol. The van der Waals surface area contributed by atoms with Gasteiger partial charge in [-0.05, 0) is 48.6 Å². The molecule has 1 heterocycles. The van der Waals surface area contributed by atoms with Crippen LogP contribution < -0.4 is 0 Å². The number of pyridine rings is 1. The zero-order valence-electron chi connectivity index (χ0n) is 7.45. The molecule has 0 saturated carbocycles. The Morgan fingerprint density at radius 2 is 2.15 bits per heavy atom. The van der Waals surface area contributed by atoms with Gasteiger partial charge in [0.1, 0.15) is 5.03 Å². The van der Waals surface area contributed by atoms with Crippen molar-refractivity contribution < 1.29 is 4.21 Å². The lowest BCUT2D eigenvalue weighted by Crippen LogP contribution is -2.13. The van der Waals surface area contributed by atoms with Crippen molar-refractivity contribution in [3.05, 3.63) is 21.9 Å². The molecular weight excluding hydrogens is 299 g/mol. The first-order chi connectivity index (χ1) is 5.94. The molecule has 0 amide bonds. The number of nitrogens with zero attached hydrogens (tertiary/aromatic N) is 1. The Morgan fingerprint density at radius 1 is 1.54 bits per heavy atom. The fraction of sp³-hybridized carbons (Fsp3) is 0.375. The molecule has 72 valence electrons. The lowest BCUT2D eigenvalue weighted by Gasteiger charge is -2.09. The van der Waals surface area contributed by atoms with Gasteiger partial charge in [-0.15, -0.1) is 0 Å². The van der Waals surface area contributed by atoms with E-state index in [1.54, 1.807) is 26.1 Å². The Labute approximate surface area is 92.1 Å². The minimum atomic E-state index is -2.71. The van der Waals surface area contributed by atoms with Crippen molar-refractivity contribution in [2.75, 3.05) is 0 Å². The van der Waals surface area contributed by atoms with Gasteiger partial charge in [-0.2, -0.15) is 0 Å². The summed E-state index contributed by atoms with van der Waals surface area (Å²) in [6, 6.07) is 3.48. The highest BCUT2D eigenvalue weighted by molar-refractivity contribution is 14.1. The van der Waals surface area contributed by atoms with Gasteiger partial charge >= 0.3 is 0 Å². The fourth-order valence-electron chi connectivity index (χ4n) is 0.783. The van der Waals surface area contributed by atoms with Gasteiger partial charge in [-0.1, -0.05) is 0 Å². The van der Waals surface area contributed by atoms with E-state index in [1.165, 1.54) is 0 Å². The van der Waals surface area contributed by atoms with Crippen LogP contribution in [0.3, 0.4) is 0 Å². The largest absolute Gasteiger partial charge is 0.247 e. The summed E-state index contributed by atoms with van der Waals surface area (Å²) in [6.07, 6.45) is 1.63. The number of rotatable bonds is 2. The standard InChI is InChI=1S/C8H11IN2OS/c1-6(2)13(10,12)8-4-3-7(9)5-11-8/h3-6,10H,1-2H3. The smallest absolute Gasteiger partial charge is 0.135 e. The average molecular weight is 310 g/mol. The van der Waals surface area contributed by atoms with Gasteiger partial charge in [-0.3, -0.25) is 0 Å². The first-order valence-corrected chi connectivity index (χ1v) is 6.54. The zero-order valence-corrected chi connectivity index (χ0v) is 10.4. The highest BCUT2D eigenvalue weighted by Gasteiger charge is 2.15. The first-order valence-electron chi connectivity index (χ1n) is 3.84. The molecule has 1 atom stereocenters. The molecule has 0 radical (unpaired) electrons. The molecule has 13 heavy (non-hydrogen) atoms. The summed E-state index contributed by atoms with van der Waals surface area (Å²) in [5, 5.41) is 0.183. The normalized spacial score (nSPS) is 15.7. The van der Waals surface area contributed by atoms with Crippen molar-refractivity contribution in [3.63, 3.8) is 0 Å². The third-order valence-corrected chi connectivity index (χ3v) is 4.50. The van der Waals surface area contributed by atoms with E-state index in [0.717, 1.165) is 3.57 Å². The summed E-state index contributed by atoms with van der Waals surface area (Å²) in [6.45, 7) is 3.55. The molecule has 1 N–H and O–H groups in total. The van der Waals surface area contributed by atoms with E-state index in [9.17, 15) is 4.21 Å². The molecule has 1 unspecified atom stereocenters. The van der Waals surface area contributed by atoms with Crippen LogP contribution in [0.4, 0.5) is 0 Å². The van der Waals surface area contributed by atoms with Crippen molar-refractivity contribution in [1.29, 1.82) is 4.78 Å². The summed E-state index contributed by atoms with van der Waals surface area (Å²) in [7, 11) is -2.71. The van der Waals surface area contributed by atoms with Crippen molar-refractivity contribution >= 4 is 32.3 Å². The van der Waals surface area contributed by atoms with Gasteiger partial charge in [0.25, 0.3) is 0 Å². The minimum absolute atomic E-state index is 0.194. The van der Waals surface area contributed by atoms with Crippen LogP contribution >= 0.6 is 22.6 Å². The Kier molecular flexibility index (Phi) is 3.28. The quantitative estimate of drug-likeness (QED) is 0.853. The third-order valence-electron chi connectivity index (χ3n) is 1.67. The summed E-state index contributed by atoms with van der Waals surface area (Å²) in [5.74, 6) is 0. The third kappa shape index (κ3) is 2.40. The maximum absolute atomic E-state index is 11.8. The zero-order chi connectivity index (χ0) is 10.1. The highest BCUT2D eigenvalue weighted by Crippen LogP contribution is 2.14. The monoisotopic (exact) mass is 310 g/mol. The second kappa shape index (κ2) is 3.91. The van der Waals surface area contributed by atoms with Crippen LogP contribution in [0, 0.1) is 8.35 Å². The summed E-state index contributed by atoms with van der Waals surface area (Å²) >= 11 is 2.13. The lowest BCUT2D eigenvalue weighted by molar-refractivity contribution is 0.664. The number of halogens is 1. The van der Waals surface area contributed by atoms with E-state index in [-0.39, 0.29) is 5.25 Å². The molecule has 0 aliphatic rings. The van der Waals surface area contributed by atoms with Crippen LogP contribution in [-0.4, -0.2) is 14.4 Å². The molecule has 0 aliphatic heterocycles. The molecule has 0 bridgehead atoms. The summed E-state index contributed by atoms with van der Waals surface area (Å²) in [5.41, 5.74) is 0. The minimum Gasteiger partial charge on any atom is -0.247 e. The van der Waals surface area contributed by atoms with Gasteiger partial charge in [0.05, 0.1) is 9.73 Å². The molecule has 0 aliphatic carbocycles. The number of aromatic nitrogens is 1. The fourth-order valence-corrected chi connectivity index (χ4v) is 2.06. The second-order valence-corrected chi connectivity index (χ2v) is 6.77. The SMILES string of the molecule is CC(C)S(=N)(=O)c1ccc(I)cn1. The van der Waals surface area contributed by atoms with E-state index in [4.69, 9.17) is 4.78 Å². The van der Waals surface area contributed by atoms with Crippen molar-refractivity contribution in [2.24, 2.45) is 0 Å². The Morgan fingerprint density at radius 3 is 2.54 bits per heavy atom. The maximum Gasteiger partial charge on any atom is 0.135 e. The van der Waals surface area contributed by atoms with Gasteiger partial charge in [0.15, 0.2) is 0 Å². The number of nitrogens with one attached hydrogen (secondary N) is 1. The molecule has 0 spiro atoms. The van der Waals surface area contributed by atoms with Crippen molar-refractivity contribution in [2.45, 2.75) is 24.1 Å². The number of hydrogen-bond donors (Lipinski definition) is 1. The molecule has 0 aromatic carbocycles.